The van der Waals surface area contributed by atoms with Crippen LogP contribution in [0.4, 0.5) is 0 Å². The summed E-state index contributed by atoms with van der Waals surface area (Å²) < 4.78 is 5.35. The summed E-state index contributed by atoms with van der Waals surface area (Å²) in [6.45, 7) is 4.28. The van der Waals surface area contributed by atoms with E-state index in [9.17, 15) is 9.59 Å². The van der Waals surface area contributed by atoms with Crippen molar-refractivity contribution in [2.24, 2.45) is 5.92 Å². The SMILES string of the molecule is CC(C)CNC(=O)COC(=O)c1ccc(Cl)s1. The zero-order valence-electron chi connectivity index (χ0n) is 9.66. The van der Waals surface area contributed by atoms with Crippen molar-refractivity contribution in [3.8, 4) is 0 Å². The molecule has 0 saturated heterocycles. The Balaban J connectivity index is 2.31. The minimum absolute atomic E-state index is 0.263. The molecule has 1 amide bonds. The molecule has 1 heterocycles. The fourth-order valence-corrected chi connectivity index (χ4v) is 1.93. The van der Waals surface area contributed by atoms with E-state index in [1.807, 2.05) is 13.8 Å². The maximum Gasteiger partial charge on any atom is 0.348 e. The van der Waals surface area contributed by atoms with Gasteiger partial charge in [-0.3, -0.25) is 4.79 Å². The first kappa shape index (κ1) is 14.0. The van der Waals surface area contributed by atoms with Crippen molar-refractivity contribution >= 4 is 34.8 Å². The lowest BCUT2D eigenvalue weighted by Crippen LogP contribution is -2.31. The van der Waals surface area contributed by atoms with Crippen molar-refractivity contribution in [1.82, 2.24) is 5.32 Å². The van der Waals surface area contributed by atoms with Gasteiger partial charge in [-0.1, -0.05) is 25.4 Å². The molecule has 0 aliphatic carbocycles. The molecule has 1 N–H and O–H groups in total. The average molecular weight is 276 g/mol. The fourth-order valence-electron chi connectivity index (χ4n) is 0.995. The molecule has 4 nitrogen and oxygen atoms in total. The zero-order chi connectivity index (χ0) is 12.8. The van der Waals surface area contributed by atoms with Crippen LogP contribution in [0.25, 0.3) is 0 Å². The lowest BCUT2D eigenvalue weighted by atomic mass is 10.2. The number of carbonyl (C=O) groups is 2. The molecule has 0 spiro atoms. The number of esters is 1. The maximum absolute atomic E-state index is 11.5. The van der Waals surface area contributed by atoms with E-state index >= 15 is 0 Å². The van der Waals surface area contributed by atoms with Crippen LogP contribution in [-0.2, 0) is 9.53 Å². The fraction of sp³-hybridized carbons (Fsp3) is 0.455. The second-order valence-corrected chi connectivity index (χ2v) is 5.59. The minimum atomic E-state index is -0.526. The highest BCUT2D eigenvalue weighted by atomic mass is 35.5. The van der Waals surface area contributed by atoms with Crippen molar-refractivity contribution in [2.45, 2.75) is 13.8 Å². The van der Waals surface area contributed by atoms with Crippen LogP contribution in [0.2, 0.25) is 4.34 Å². The largest absolute Gasteiger partial charge is 0.451 e. The van der Waals surface area contributed by atoms with Gasteiger partial charge < -0.3 is 10.1 Å². The molecule has 0 aromatic carbocycles. The monoisotopic (exact) mass is 275 g/mol. The van der Waals surface area contributed by atoms with E-state index < -0.39 is 5.97 Å². The van der Waals surface area contributed by atoms with Crippen LogP contribution in [0.15, 0.2) is 12.1 Å². The highest BCUT2D eigenvalue weighted by Gasteiger charge is 2.12. The minimum Gasteiger partial charge on any atom is -0.451 e. The third kappa shape index (κ3) is 5.19. The summed E-state index contributed by atoms with van der Waals surface area (Å²) in [5, 5.41) is 2.66. The lowest BCUT2D eigenvalue weighted by Gasteiger charge is -2.07. The van der Waals surface area contributed by atoms with E-state index in [4.69, 9.17) is 16.3 Å². The summed E-state index contributed by atoms with van der Waals surface area (Å²) in [6, 6.07) is 3.18. The molecular formula is C11H14ClNO3S. The van der Waals surface area contributed by atoms with Gasteiger partial charge in [0.2, 0.25) is 0 Å². The molecule has 0 atom stereocenters. The van der Waals surface area contributed by atoms with E-state index in [-0.39, 0.29) is 12.5 Å². The number of thiophene rings is 1. The van der Waals surface area contributed by atoms with E-state index in [1.54, 1.807) is 12.1 Å². The van der Waals surface area contributed by atoms with Crippen molar-refractivity contribution in [1.29, 1.82) is 0 Å². The number of carbonyl (C=O) groups excluding carboxylic acids is 2. The Hall–Kier alpha value is -1.07. The predicted octanol–water partition coefficient (Wildman–Crippen LogP) is 2.33. The summed E-state index contributed by atoms with van der Waals surface area (Å²) in [4.78, 5) is 23.1. The van der Waals surface area contributed by atoms with Crippen molar-refractivity contribution < 1.29 is 14.3 Å². The van der Waals surface area contributed by atoms with E-state index in [2.05, 4.69) is 5.32 Å². The molecule has 1 rings (SSSR count). The van der Waals surface area contributed by atoms with Crippen LogP contribution >= 0.6 is 22.9 Å². The Morgan fingerprint density at radius 1 is 1.47 bits per heavy atom. The van der Waals surface area contributed by atoms with Crippen LogP contribution in [0.1, 0.15) is 23.5 Å². The summed E-state index contributed by atoms with van der Waals surface area (Å²) in [5.41, 5.74) is 0. The van der Waals surface area contributed by atoms with Gasteiger partial charge in [-0.25, -0.2) is 4.79 Å². The molecule has 0 aliphatic rings. The van der Waals surface area contributed by atoms with E-state index in [0.717, 1.165) is 11.3 Å². The quantitative estimate of drug-likeness (QED) is 0.839. The van der Waals surface area contributed by atoms with Crippen molar-refractivity contribution in [2.75, 3.05) is 13.2 Å². The number of hydrogen-bond acceptors (Lipinski definition) is 4. The summed E-state index contributed by atoms with van der Waals surface area (Å²) in [7, 11) is 0. The first-order valence-corrected chi connectivity index (χ1v) is 6.37. The number of halogens is 1. The third-order valence-corrected chi connectivity index (χ3v) is 3.03. The molecule has 0 unspecified atom stereocenters. The Morgan fingerprint density at radius 3 is 2.71 bits per heavy atom. The second kappa shape index (κ2) is 6.61. The number of nitrogens with one attached hydrogen (secondary N) is 1. The molecule has 17 heavy (non-hydrogen) atoms. The maximum atomic E-state index is 11.5. The van der Waals surface area contributed by atoms with E-state index in [1.165, 1.54) is 0 Å². The second-order valence-electron chi connectivity index (χ2n) is 3.88. The molecule has 94 valence electrons. The summed E-state index contributed by atoms with van der Waals surface area (Å²) >= 11 is 6.81. The molecule has 0 fully saturated rings. The molecule has 0 radical (unpaired) electrons. The highest BCUT2D eigenvalue weighted by Crippen LogP contribution is 2.21. The third-order valence-electron chi connectivity index (χ3n) is 1.82. The number of amides is 1. The van der Waals surface area contributed by atoms with Gasteiger partial charge >= 0.3 is 5.97 Å². The topological polar surface area (TPSA) is 55.4 Å². The van der Waals surface area contributed by atoms with Gasteiger partial charge in [-0.15, -0.1) is 11.3 Å². The standard InChI is InChI=1S/C11H14ClNO3S/c1-7(2)5-13-10(14)6-16-11(15)8-3-4-9(12)17-8/h3-4,7H,5-6H2,1-2H3,(H,13,14). The Labute approximate surface area is 109 Å². The van der Waals surface area contributed by atoms with Gasteiger partial charge in [0.25, 0.3) is 5.91 Å². The Morgan fingerprint density at radius 2 is 2.18 bits per heavy atom. The molecule has 1 aromatic rings. The zero-order valence-corrected chi connectivity index (χ0v) is 11.2. The van der Waals surface area contributed by atoms with Gasteiger partial charge in [-0.2, -0.15) is 0 Å². The molecule has 0 aliphatic heterocycles. The van der Waals surface area contributed by atoms with Crippen LogP contribution in [0.3, 0.4) is 0 Å². The first-order valence-electron chi connectivity index (χ1n) is 5.18. The van der Waals surface area contributed by atoms with Gasteiger partial charge in [-0.05, 0) is 18.1 Å². The smallest absolute Gasteiger partial charge is 0.348 e. The first-order chi connectivity index (χ1) is 7.99. The van der Waals surface area contributed by atoms with Crippen LogP contribution < -0.4 is 5.32 Å². The Bertz CT molecular complexity index is 403. The summed E-state index contributed by atoms with van der Waals surface area (Å²) in [5.74, 6) is -0.456. The summed E-state index contributed by atoms with van der Waals surface area (Å²) in [6.07, 6.45) is 0. The van der Waals surface area contributed by atoms with Gasteiger partial charge in [0.1, 0.15) is 4.88 Å². The van der Waals surface area contributed by atoms with Gasteiger partial charge in [0.15, 0.2) is 6.61 Å². The Kier molecular flexibility index (Phi) is 5.44. The lowest BCUT2D eigenvalue weighted by molar-refractivity contribution is -0.124. The molecule has 0 saturated carbocycles. The van der Waals surface area contributed by atoms with Crippen molar-refractivity contribution in [3.05, 3.63) is 21.3 Å². The highest BCUT2D eigenvalue weighted by molar-refractivity contribution is 7.17. The number of ether oxygens (including phenoxy) is 1. The van der Waals surface area contributed by atoms with Crippen LogP contribution in [-0.4, -0.2) is 25.0 Å². The molecular weight excluding hydrogens is 262 g/mol. The van der Waals surface area contributed by atoms with Gasteiger partial charge in [0, 0.05) is 6.54 Å². The normalized spacial score (nSPS) is 10.4. The number of rotatable bonds is 5. The predicted molar refractivity (Wildman–Crippen MR) is 67.5 cm³/mol. The van der Waals surface area contributed by atoms with Crippen LogP contribution in [0.5, 0.6) is 0 Å². The van der Waals surface area contributed by atoms with Gasteiger partial charge in [0.05, 0.1) is 4.34 Å². The van der Waals surface area contributed by atoms with E-state index in [0.29, 0.717) is 21.7 Å². The number of hydrogen-bond donors (Lipinski definition) is 1. The van der Waals surface area contributed by atoms with Crippen LogP contribution in [0, 0.1) is 5.92 Å². The average Bonchev–Trinajstić information content (AvgIpc) is 2.70. The molecule has 6 heteroatoms. The van der Waals surface area contributed by atoms with Crippen molar-refractivity contribution in [3.63, 3.8) is 0 Å². The molecule has 0 bridgehead atoms. The molecule has 1 aromatic heterocycles.